The highest BCUT2D eigenvalue weighted by molar-refractivity contribution is 5.81. The second-order valence-electron chi connectivity index (χ2n) is 5.81. The zero-order valence-corrected chi connectivity index (χ0v) is 12.7. The van der Waals surface area contributed by atoms with Crippen LogP contribution in [0, 0.1) is 5.82 Å². The quantitative estimate of drug-likeness (QED) is 0.685. The molecule has 1 heterocycles. The average Bonchev–Trinajstić information content (AvgIpc) is 2.75. The summed E-state index contributed by atoms with van der Waals surface area (Å²) in [6.07, 6.45) is 7.99. The van der Waals surface area contributed by atoms with E-state index in [2.05, 4.69) is 10.3 Å². The Morgan fingerprint density at radius 1 is 1.33 bits per heavy atom. The van der Waals surface area contributed by atoms with Crippen LogP contribution in [0.25, 0.3) is 0 Å². The Morgan fingerprint density at radius 2 is 2.00 bits per heavy atom. The molecular formula is C16H23FN2O2. The number of pyridine rings is 1. The molecule has 21 heavy (non-hydrogen) atoms. The largest absolute Gasteiger partial charge is 0.467 e. The summed E-state index contributed by atoms with van der Waals surface area (Å²) in [6, 6.07) is 3.11. The van der Waals surface area contributed by atoms with E-state index in [-0.39, 0.29) is 6.04 Å². The van der Waals surface area contributed by atoms with Crippen LogP contribution in [0.3, 0.4) is 0 Å². The number of rotatable bonds is 4. The minimum absolute atomic E-state index is 0.253. The summed E-state index contributed by atoms with van der Waals surface area (Å²) >= 11 is 0. The molecule has 116 valence electrons. The summed E-state index contributed by atoms with van der Waals surface area (Å²) in [6.45, 7) is 1.75. The van der Waals surface area contributed by atoms with E-state index in [9.17, 15) is 9.18 Å². The van der Waals surface area contributed by atoms with Crippen molar-refractivity contribution in [2.75, 3.05) is 7.11 Å². The van der Waals surface area contributed by atoms with E-state index in [0.29, 0.717) is 5.69 Å². The lowest BCUT2D eigenvalue weighted by Gasteiger charge is -2.32. The lowest BCUT2D eigenvalue weighted by atomic mass is 9.94. The zero-order valence-electron chi connectivity index (χ0n) is 12.7. The van der Waals surface area contributed by atoms with Gasteiger partial charge in [-0.25, -0.2) is 9.18 Å². The van der Waals surface area contributed by atoms with Crippen LogP contribution in [0.2, 0.25) is 0 Å². The molecule has 1 fully saturated rings. The van der Waals surface area contributed by atoms with Crippen molar-refractivity contribution in [1.29, 1.82) is 0 Å². The van der Waals surface area contributed by atoms with Crippen molar-refractivity contribution in [1.82, 2.24) is 10.3 Å². The molecule has 0 amide bonds. The predicted molar refractivity (Wildman–Crippen MR) is 78.2 cm³/mol. The first kappa shape index (κ1) is 15.9. The SMILES string of the molecule is COC(=O)C(C)(NC1CCCCCC1)c1ccc(F)cn1. The fourth-order valence-electron chi connectivity index (χ4n) is 2.95. The van der Waals surface area contributed by atoms with Gasteiger partial charge >= 0.3 is 5.97 Å². The lowest BCUT2D eigenvalue weighted by Crippen LogP contribution is -2.52. The Kier molecular flexibility index (Phi) is 5.28. The summed E-state index contributed by atoms with van der Waals surface area (Å²) in [7, 11) is 1.36. The number of methoxy groups -OCH3 is 1. The summed E-state index contributed by atoms with van der Waals surface area (Å²) < 4.78 is 18.0. The number of ether oxygens (including phenoxy) is 1. The van der Waals surface area contributed by atoms with Gasteiger partial charge in [-0.2, -0.15) is 0 Å². The number of esters is 1. The topological polar surface area (TPSA) is 51.2 Å². The van der Waals surface area contributed by atoms with Crippen molar-refractivity contribution in [3.8, 4) is 0 Å². The minimum Gasteiger partial charge on any atom is -0.467 e. The van der Waals surface area contributed by atoms with Crippen LogP contribution in [0.15, 0.2) is 18.3 Å². The lowest BCUT2D eigenvalue weighted by molar-refractivity contribution is -0.149. The molecular weight excluding hydrogens is 271 g/mol. The second-order valence-corrected chi connectivity index (χ2v) is 5.81. The van der Waals surface area contributed by atoms with Crippen LogP contribution in [-0.4, -0.2) is 24.1 Å². The molecule has 5 heteroatoms. The van der Waals surface area contributed by atoms with Crippen LogP contribution in [0.1, 0.15) is 51.1 Å². The standard InChI is InChI=1S/C16H23FN2O2/c1-16(15(20)21-2,14-10-9-12(17)11-18-14)19-13-7-5-3-4-6-8-13/h9-11,13,19H,3-8H2,1-2H3. The van der Waals surface area contributed by atoms with Crippen molar-refractivity contribution < 1.29 is 13.9 Å². The summed E-state index contributed by atoms with van der Waals surface area (Å²) in [5.74, 6) is -0.814. The molecule has 0 radical (unpaired) electrons. The highest BCUT2D eigenvalue weighted by Gasteiger charge is 2.39. The summed E-state index contributed by atoms with van der Waals surface area (Å²) in [5.41, 5.74) is -0.558. The number of carbonyl (C=O) groups is 1. The predicted octanol–water partition coefficient (Wildman–Crippen LogP) is 2.92. The first-order valence-corrected chi connectivity index (χ1v) is 7.54. The molecule has 1 saturated carbocycles. The van der Waals surface area contributed by atoms with Gasteiger partial charge in [0.2, 0.25) is 0 Å². The van der Waals surface area contributed by atoms with E-state index in [1.165, 1.54) is 32.1 Å². The number of nitrogens with one attached hydrogen (secondary N) is 1. The first-order valence-electron chi connectivity index (χ1n) is 7.54. The van der Waals surface area contributed by atoms with Crippen LogP contribution in [0.4, 0.5) is 4.39 Å². The molecule has 0 saturated heterocycles. The highest BCUT2D eigenvalue weighted by Crippen LogP contribution is 2.25. The maximum absolute atomic E-state index is 13.1. The molecule has 0 spiro atoms. The second kappa shape index (κ2) is 6.98. The van der Waals surface area contributed by atoms with Crippen LogP contribution in [-0.2, 0) is 15.1 Å². The van der Waals surface area contributed by atoms with Crippen LogP contribution < -0.4 is 5.32 Å². The van der Waals surface area contributed by atoms with Gasteiger partial charge in [-0.05, 0) is 31.9 Å². The van der Waals surface area contributed by atoms with Crippen molar-refractivity contribution in [2.24, 2.45) is 0 Å². The van der Waals surface area contributed by atoms with Gasteiger partial charge in [0.1, 0.15) is 5.82 Å². The number of aromatic nitrogens is 1. The number of carbonyl (C=O) groups excluding carboxylic acids is 1. The number of halogens is 1. The Hall–Kier alpha value is -1.49. The molecule has 1 aliphatic carbocycles. The normalized spacial score (nSPS) is 19.6. The molecule has 1 aliphatic rings. The van der Waals surface area contributed by atoms with Gasteiger partial charge in [0.25, 0.3) is 0 Å². The van der Waals surface area contributed by atoms with Gasteiger partial charge in [0, 0.05) is 6.04 Å². The smallest absolute Gasteiger partial charge is 0.332 e. The third-order valence-electron chi connectivity index (χ3n) is 4.18. The summed E-state index contributed by atoms with van der Waals surface area (Å²) in [4.78, 5) is 16.3. The third kappa shape index (κ3) is 3.79. The fourth-order valence-corrected chi connectivity index (χ4v) is 2.95. The van der Waals surface area contributed by atoms with E-state index in [4.69, 9.17) is 4.74 Å². The van der Waals surface area contributed by atoms with Crippen molar-refractivity contribution in [3.05, 3.63) is 29.8 Å². The van der Waals surface area contributed by atoms with Crippen molar-refractivity contribution in [3.63, 3.8) is 0 Å². The van der Waals surface area contributed by atoms with Crippen LogP contribution >= 0.6 is 0 Å². The van der Waals surface area contributed by atoms with Crippen molar-refractivity contribution in [2.45, 2.75) is 57.0 Å². The third-order valence-corrected chi connectivity index (χ3v) is 4.18. The molecule has 1 aromatic heterocycles. The zero-order chi connectivity index (χ0) is 15.3. The monoisotopic (exact) mass is 294 g/mol. The van der Waals surface area contributed by atoms with E-state index >= 15 is 0 Å². The molecule has 1 aromatic rings. The summed E-state index contributed by atoms with van der Waals surface area (Å²) in [5, 5.41) is 3.40. The van der Waals surface area contributed by atoms with E-state index in [1.54, 1.807) is 6.92 Å². The highest BCUT2D eigenvalue weighted by atomic mass is 19.1. The first-order chi connectivity index (χ1) is 10.1. The fraction of sp³-hybridized carbons (Fsp3) is 0.625. The van der Waals surface area contributed by atoms with E-state index in [1.807, 2.05) is 0 Å². The van der Waals surface area contributed by atoms with Gasteiger partial charge in [-0.3, -0.25) is 10.3 Å². The molecule has 2 rings (SSSR count). The Bertz CT molecular complexity index is 470. The molecule has 1 unspecified atom stereocenters. The van der Waals surface area contributed by atoms with Gasteiger partial charge in [-0.15, -0.1) is 0 Å². The Balaban J connectivity index is 2.23. The maximum Gasteiger partial charge on any atom is 0.332 e. The molecule has 0 aromatic carbocycles. The van der Waals surface area contributed by atoms with Crippen LogP contribution in [0.5, 0.6) is 0 Å². The molecule has 0 bridgehead atoms. The van der Waals surface area contributed by atoms with E-state index in [0.717, 1.165) is 31.9 Å². The average molecular weight is 294 g/mol. The molecule has 0 aliphatic heterocycles. The van der Waals surface area contributed by atoms with E-state index < -0.39 is 17.3 Å². The number of hydrogen-bond donors (Lipinski definition) is 1. The van der Waals surface area contributed by atoms with Gasteiger partial charge in [-0.1, -0.05) is 25.7 Å². The molecule has 4 nitrogen and oxygen atoms in total. The number of hydrogen-bond acceptors (Lipinski definition) is 4. The number of nitrogens with zero attached hydrogens (tertiary/aromatic N) is 1. The molecule has 1 atom stereocenters. The Labute approximate surface area is 125 Å². The Morgan fingerprint density at radius 3 is 2.52 bits per heavy atom. The van der Waals surface area contributed by atoms with Gasteiger partial charge < -0.3 is 4.74 Å². The van der Waals surface area contributed by atoms with Gasteiger partial charge in [0.15, 0.2) is 5.54 Å². The van der Waals surface area contributed by atoms with Crippen molar-refractivity contribution >= 4 is 5.97 Å². The van der Waals surface area contributed by atoms with Gasteiger partial charge in [0.05, 0.1) is 19.0 Å². The molecule has 1 N–H and O–H groups in total. The minimum atomic E-state index is -1.04. The maximum atomic E-state index is 13.1.